The van der Waals surface area contributed by atoms with Gasteiger partial charge in [-0.05, 0) is 36.1 Å². The Hall–Kier alpha value is -3.08. The van der Waals surface area contributed by atoms with E-state index in [9.17, 15) is 14.7 Å². The van der Waals surface area contributed by atoms with Crippen molar-refractivity contribution in [2.24, 2.45) is 0 Å². The number of amides is 1. The number of cyclic esters (lactones) is 1. The summed E-state index contributed by atoms with van der Waals surface area (Å²) in [6.07, 6.45) is 2.59. The largest absolute Gasteiger partial charge is 0.512 e. The van der Waals surface area contributed by atoms with Gasteiger partial charge in [-0.25, -0.2) is 4.79 Å². The number of ether oxygens (including phenoxy) is 1. The van der Waals surface area contributed by atoms with Crippen molar-refractivity contribution in [1.29, 1.82) is 0 Å². The highest BCUT2D eigenvalue weighted by atomic mass is 16.6. The maximum atomic E-state index is 11.9. The molecule has 2 N–H and O–H groups in total. The van der Waals surface area contributed by atoms with E-state index in [0.717, 1.165) is 22.9 Å². The minimum absolute atomic E-state index is 0.0334. The molecule has 134 valence electrons. The van der Waals surface area contributed by atoms with Crippen LogP contribution >= 0.6 is 0 Å². The van der Waals surface area contributed by atoms with Crippen molar-refractivity contribution in [1.82, 2.24) is 0 Å². The zero-order valence-electron chi connectivity index (χ0n) is 14.6. The molecule has 0 spiro atoms. The Morgan fingerprint density at radius 2 is 1.85 bits per heavy atom. The molecule has 2 aromatic rings. The molecule has 0 saturated carbocycles. The lowest BCUT2D eigenvalue weighted by molar-refractivity contribution is -0.159. The molecule has 0 aromatic heterocycles. The summed E-state index contributed by atoms with van der Waals surface area (Å²) < 4.78 is 5.70. The lowest BCUT2D eigenvalue weighted by Crippen LogP contribution is -2.36. The van der Waals surface area contributed by atoms with Gasteiger partial charge in [-0.2, -0.15) is 0 Å². The molecule has 0 saturated heterocycles. The van der Waals surface area contributed by atoms with Crippen molar-refractivity contribution in [2.45, 2.75) is 31.8 Å². The highest BCUT2D eigenvalue weighted by Gasteiger charge is 2.39. The number of hydrogen-bond acceptors (Lipinski definition) is 4. The van der Waals surface area contributed by atoms with Crippen LogP contribution < -0.4 is 5.32 Å². The summed E-state index contributed by atoms with van der Waals surface area (Å²) in [4.78, 5) is 23.0. The molecule has 1 unspecified atom stereocenters. The maximum absolute atomic E-state index is 11.9. The van der Waals surface area contributed by atoms with E-state index in [1.807, 2.05) is 54.6 Å². The molecular weight excluding hydrogens is 330 g/mol. The molecule has 1 heterocycles. The van der Waals surface area contributed by atoms with E-state index in [0.29, 0.717) is 12.8 Å². The van der Waals surface area contributed by atoms with Gasteiger partial charge in [0.1, 0.15) is 11.4 Å². The molecule has 0 bridgehead atoms. The first-order valence-corrected chi connectivity index (χ1v) is 8.51. The van der Waals surface area contributed by atoms with E-state index >= 15 is 0 Å². The number of aliphatic hydroxyl groups excluding tert-OH is 1. The molecule has 1 amide bonds. The van der Waals surface area contributed by atoms with Crippen LogP contribution in [0, 0.1) is 0 Å². The Kier molecular flexibility index (Phi) is 5.07. The summed E-state index contributed by atoms with van der Waals surface area (Å²) in [5.74, 6) is -0.609. The Labute approximate surface area is 152 Å². The van der Waals surface area contributed by atoms with Crippen molar-refractivity contribution in [3.05, 3.63) is 77.6 Å². The third-order valence-corrected chi connectivity index (χ3v) is 4.44. The first-order valence-electron chi connectivity index (χ1n) is 8.51. The van der Waals surface area contributed by atoms with Gasteiger partial charge in [0, 0.05) is 19.0 Å². The van der Waals surface area contributed by atoms with Crippen LogP contribution in [0.25, 0.3) is 0 Å². The molecular formula is C21H21NO4. The van der Waals surface area contributed by atoms with Gasteiger partial charge in [-0.3, -0.25) is 4.79 Å². The third kappa shape index (κ3) is 4.11. The summed E-state index contributed by atoms with van der Waals surface area (Å²) in [5, 5.41) is 12.7. The van der Waals surface area contributed by atoms with E-state index in [4.69, 9.17) is 4.74 Å². The number of hydrogen-bond donors (Lipinski definition) is 2. The lowest BCUT2D eigenvalue weighted by atomic mass is 9.83. The molecule has 0 radical (unpaired) electrons. The quantitative estimate of drug-likeness (QED) is 0.802. The van der Waals surface area contributed by atoms with Crippen LogP contribution in [-0.4, -0.2) is 17.0 Å². The number of aryl methyl sites for hydroxylation is 1. The molecule has 3 rings (SSSR count). The molecule has 5 nitrogen and oxygen atoms in total. The summed E-state index contributed by atoms with van der Waals surface area (Å²) in [6, 6.07) is 17.1. The van der Waals surface area contributed by atoms with Crippen molar-refractivity contribution in [2.75, 3.05) is 5.32 Å². The monoisotopic (exact) mass is 351 g/mol. The molecule has 0 fully saturated rings. The number of anilines is 1. The number of benzene rings is 2. The molecule has 1 aliphatic heterocycles. The Morgan fingerprint density at radius 3 is 2.46 bits per heavy atom. The molecule has 5 heteroatoms. The second-order valence-corrected chi connectivity index (χ2v) is 6.47. The number of nitrogens with one attached hydrogen (secondary N) is 1. The topological polar surface area (TPSA) is 75.6 Å². The van der Waals surface area contributed by atoms with Gasteiger partial charge < -0.3 is 15.2 Å². The SMILES string of the molecule is CC(=O)Nc1ccc(CCC2(c3ccccc3)CC(O)=CC(=O)O2)cc1. The van der Waals surface area contributed by atoms with Crippen LogP contribution in [0.15, 0.2) is 66.4 Å². The fourth-order valence-electron chi connectivity index (χ4n) is 3.23. The van der Waals surface area contributed by atoms with Crippen LogP contribution in [0.5, 0.6) is 0 Å². The maximum Gasteiger partial charge on any atom is 0.335 e. The van der Waals surface area contributed by atoms with Gasteiger partial charge in [0.15, 0.2) is 0 Å². The smallest absolute Gasteiger partial charge is 0.335 e. The third-order valence-electron chi connectivity index (χ3n) is 4.44. The Morgan fingerprint density at radius 1 is 1.15 bits per heavy atom. The summed E-state index contributed by atoms with van der Waals surface area (Å²) in [6.45, 7) is 1.47. The molecule has 1 atom stereocenters. The van der Waals surface area contributed by atoms with E-state index in [1.54, 1.807) is 0 Å². The van der Waals surface area contributed by atoms with Gasteiger partial charge in [-0.15, -0.1) is 0 Å². The highest BCUT2D eigenvalue weighted by molar-refractivity contribution is 5.88. The predicted molar refractivity (Wildman–Crippen MR) is 98.6 cm³/mol. The fourth-order valence-corrected chi connectivity index (χ4v) is 3.23. The van der Waals surface area contributed by atoms with Crippen LogP contribution in [-0.2, 0) is 26.3 Å². The van der Waals surface area contributed by atoms with E-state index in [1.165, 1.54) is 6.92 Å². The van der Waals surface area contributed by atoms with Gasteiger partial charge in [0.25, 0.3) is 0 Å². The second kappa shape index (κ2) is 7.44. The molecule has 26 heavy (non-hydrogen) atoms. The lowest BCUT2D eigenvalue weighted by Gasteiger charge is -2.36. The Balaban J connectivity index is 1.80. The zero-order chi connectivity index (χ0) is 18.6. The van der Waals surface area contributed by atoms with Crippen molar-refractivity contribution < 1.29 is 19.4 Å². The Bertz CT molecular complexity index is 827. The standard InChI is InChI=1S/C21H21NO4/c1-15(23)22-18-9-7-16(8-10-18)11-12-21(17-5-3-2-4-6-17)14-19(24)13-20(25)26-21/h2-10,13,24H,11-12,14H2,1H3,(H,22,23). The van der Waals surface area contributed by atoms with E-state index in [2.05, 4.69) is 5.32 Å². The first-order chi connectivity index (χ1) is 12.5. The predicted octanol–water partition coefficient (Wildman–Crippen LogP) is 3.86. The zero-order valence-corrected chi connectivity index (χ0v) is 14.6. The average Bonchev–Trinajstić information content (AvgIpc) is 2.61. The van der Waals surface area contributed by atoms with Crippen molar-refractivity contribution >= 4 is 17.6 Å². The number of carbonyl (C=O) groups excluding carboxylic acids is 2. The molecule has 1 aliphatic rings. The van der Waals surface area contributed by atoms with Gasteiger partial charge in [-0.1, -0.05) is 42.5 Å². The van der Waals surface area contributed by atoms with Crippen molar-refractivity contribution in [3.63, 3.8) is 0 Å². The number of aliphatic hydroxyl groups is 1. The van der Waals surface area contributed by atoms with Crippen LogP contribution in [0.1, 0.15) is 30.9 Å². The summed E-state index contributed by atoms with van der Waals surface area (Å²) in [7, 11) is 0. The van der Waals surface area contributed by atoms with Gasteiger partial charge in [0.05, 0.1) is 6.08 Å². The average molecular weight is 351 g/mol. The molecule has 2 aromatic carbocycles. The van der Waals surface area contributed by atoms with E-state index in [-0.39, 0.29) is 18.1 Å². The number of rotatable bonds is 5. The van der Waals surface area contributed by atoms with Gasteiger partial charge in [0.2, 0.25) is 5.91 Å². The number of esters is 1. The highest BCUT2D eigenvalue weighted by Crippen LogP contribution is 2.39. The summed E-state index contributed by atoms with van der Waals surface area (Å²) >= 11 is 0. The normalized spacial score (nSPS) is 19.4. The minimum Gasteiger partial charge on any atom is -0.512 e. The fraction of sp³-hybridized carbons (Fsp3) is 0.238. The van der Waals surface area contributed by atoms with Gasteiger partial charge >= 0.3 is 5.97 Å². The molecule has 0 aliphatic carbocycles. The van der Waals surface area contributed by atoms with Crippen LogP contribution in [0.4, 0.5) is 5.69 Å². The minimum atomic E-state index is -0.881. The summed E-state index contributed by atoms with van der Waals surface area (Å²) in [5.41, 5.74) is 1.78. The first kappa shape index (κ1) is 17.7. The van der Waals surface area contributed by atoms with Crippen LogP contribution in [0.2, 0.25) is 0 Å². The van der Waals surface area contributed by atoms with E-state index < -0.39 is 11.6 Å². The van der Waals surface area contributed by atoms with Crippen molar-refractivity contribution in [3.8, 4) is 0 Å². The second-order valence-electron chi connectivity index (χ2n) is 6.47. The van der Waals surface area contributed by atoms with Crippen LogP contribution in [0.3, 0.4) is 0 Å². The number of carbonyl (C=O) groups is 2.